The molecular weight excluding hydrogens is 212 g/mol. The number of nitrogens with one attached hydrogen (secondary N) is 2. The monoisotopic (exact) mass is 228 g/mol. The molecule has 1 heterocycles. The van der Waals surface area contributed by atoms with Crippen LogP contribution in [0.2, 0.25) is 0 Å². The van der Waals surface area contributed by atoms with Crippen molar-refractivity contribution in [3.05, 3.63) is 35.9 Å². The highest BCUT2D eigenvalue weighted by atomic mass is 16.1. The van der Waals surface area contributed by atoms with Crippen LogP contribution in [0.15, 0.2) is 30.3 Å². The fourth-order valence-electron chi connectivity index (χ4n) is 1.77. The van der Waals surface area contributed by atoms with E-state index in [2.05, 4.69) is 22.5 Å². The molecule has 3 nitrogen and oxygen atoms in total. The zero-order valence-electron chi connectivity index (χ0n) is 9.70. The van der Waals surface area contributed by atoms with Gasteiger partial charge in [0.1, 0.15) is 0 Å². The molecule has 1 aliphatic heterocycles. The van der Waals surface area contributed by atoms with Gasteiger partial charge in [-0.25, -0.2) is 0 Å². The molecule has 1 aromatic rings. The van der Waals surface area contributed by atoms with Gasteiger partial charge >= 0.3 is 0 Å². The summed E-state index contributed by atoms with van der Waals surface area (Å²) < 4.78 is 0. The first-order valence-corrected chi connectivity index (χ1v) is 5.88. The molecule has 0 saturated carbocycles. The van der Waals surface area contributed by atoms with E-state index < -0.39 is 0 Å². The number of hydrogen-bond donors (Lipinski definition) is 2. The van der Waals surface area contributed by atoms with E-state index >= 15 is 0 Å². The Hall–Kier alpha value is -1.79. The van der Waals surface area contributed by atoms with Crippen molar-refractivity contribution >= 4 is 5.91 Å². The molecule has 1 amide bonds. The van der Waals surface area contributed by atoms with Crippen molar-refractivity contribution in [3.63, 3.8) is 0 Å². The zero-order chi connectivity index (χ0) is 11.9. The molecule has 0 spiro atoms. The maximum Gasteiger partial charge on any atom is 0.220 e. The molecule has 1 fully saturated rings. The topological polar surface area (TPSA) is 41.1 Å². The van der Waals surface area contributed by atoms with E-state index in [0.29, 0.717) is 25.6 Å². The lowest BCUT2D eigenvalue weighted by atomic mass is 10.1. The molecule has 1 atom stereocenters. The summed E-state index contributed by atoms with van der Waals surface area (Å²) in [6.45, 7) is 1.38. The van der Waals surface area contributed by atoms with Gasteiger partial charge in [0.15, 0.2) is 0 Å². The summed E-state index contributed by atoms with van der Waals surface area (Å²) in [7, 11) is 0. The standard InChI is InChI=1S/C14H16N2O/c17-14-9-8-13(11-16-14)15-10-4-7-12-5-2-1-3-6-12/h1-3,5-6,13,15H,8-11H2,(H,16,17). The normalized spacial score (nSPS) is 19.1. The molecule has 0 radical (unpaired) electrons. The molecule has 17 heavy (non-hydrogen) atoms. The van der Waals surface area contributed by atoms with Crippen LogP contribution in [0.5, 0.6) is 0 Å². The molecule has 0 aliphatic carbocycles. The average Bonchev–Trinajstić information content (AvgIpc) is 2.38. The number of rotatable bonds is 2. The molecule has 0 aromatic heterocycles. The predicted molar refractivity (Wildman–Crippen MR) is 67.4 cm³/mol. The number of benzene rings is 1. The number of carbonyl (C=O) groups is 1. The summed E-state index contributed by atoms with van der Waals surface area (Å²) in [5.41, 5.74) is 1.03. The van der Waals surface area contributed by atoms with Crippen LogP contribution in [0.25, 0.3) is 0 Å². The van der Waals surface area contributed by atoms with E-state index in [1.54, 1.807) is 0 Å². The third-order valence-electron chi connectivity index (χ3n) is 2.75. The van der Waals surface area contributed by atoms with Crippen molar-refractivity contribution in [3.8, 4) is 11.8 Å². The Labute approximate surface area is 102 Å². The van der Waals surface area contributed by atoms with Gasteiger partial charge in [0.25, 0.3) is 0 Å². The minimum atomic E-state index is 0.151. The van der Waals surface area contributed by atoms with Gasteiger partial charge in [-0.3, -0.25) is 4.79 Å². The molecular formula is C14H16N2O. The van der Waals surface area contributed by atoms with E-state index in [4.69, 9.17) is 0 Å². The van der Waals surface area contributed by atoms with Crippen molar-refractivity contribution in [1.82, 2.24) is 10.6 Å². The van der Waals surface area contributed by atoms with Crippen LogP contribution in [0.1, 0.15) is 18.4 Å². The van der Waals surface area contributed by atoms with Gasteiger partial charge in [-0.15, -0.1) is 0 Å². The first kappa shape index (κ1) is 11.7. The highest BCUT2D eigenvalue weighted by Crippen LogP contribution is 2.01. The van der Waals surface area contributed by atoms with Crippen LogP contribution in [-0.4, -0.2) is 25.0 Å². The zero-order valence-corrected chi connectivity index (χ0v) is 9.70. The third-order valence-corrected chi connectivity index (χ3v) is 2.75. The largest absolute Gasteiger partial charge is 0.355 e. The quantitative estimate of drug-likeness (QED) is 0.739. The second-order valence-electron chi connectivity index (χ2n) is 4.09. The van der Waals surface area contributed by atoms with Crippen LogP contribution in [-0.2, 0) is 4.79 Å². The molecule has 3 heteroatoms. The second kappa shape index (κ2) is 6.07. The fourth-order valence-corrected chi connectivity index (χ4v) is 1.77. The van der Waals surface area contributed by atoms with Gasteiger partial charge in [0, 0.05) is 24.6 Å². The molecule has 2 N–H and O–H groups in total. The summed E-state index contributed by atoms with van der Waals surface area (Å²) in [6.07, 6.45) is 1.52. The summed E-state index contributed by atoms with van der Waals surface area (Å²) >= 11 is 0. The van der Waals surface area contributed by atoms with Gasteiger partial charge in [-0.1, -0.05) is 30.0 Å². The Balaban J connectivity index is 1.73. The first-order chi connectivity index (χ1) is 8.34. The lowest BCUT2D eigenvalue weighted by molar-refractivity contribution is -0.122. The van der Waals surface area contributed by atoms with Crippen LogP contribution in [0, 0.1) is 11.8 Å². The van der Waals surface area contributed by atoms with E-state index in [1.165, 1.54) is 0 Å². The Kier molecular flexibility index (Phi) is 4.17. The lowest BCUT2D eigenvalue weighted by Crippen LogP contribution is -2.45. The van der Waals surface area contributed by atoms with Crippen LogP contribution in [0.4, 0.5) is 0 Å². The highest BCUT2D eigenvalue weighted by molar-refractivity contribution is 5.76. The van der Waals surface area contributed by atoms with Gasteiger partial charge < -0.3 is 10.6 Å². The number of amides is 1. The average molecular weight is 228 g/mol. The van der Waals surface area contributed by atoms with Crippen molar-refractivity contribution in [2.45, 2.75) is 18.9 Å². The highest BCUT2D eigenvalue weighted by Gasteiger charge is 2.16. The summed E-state index contributed by atoms with van der Waals surface area (Å²) in [6, 6.07) is 10.3. The van der Waals surface area contributed by atoms with Gasteiger partial charge in [-0.05, 0) is 18.6 Å². The summed E-state index contributed by atoms with van der Waals surface area (Å²) in [5.74, 6) is 6.33. The maximum atomic E-state index is 11.0. The second-order valence-corrected chi connectivity index (χ2v) is 4.09. The van der Waals surface area contributed by atoms with E-state index in [1.807, 2.05) is 30.3 Å². The third kappa shape index (κ3) is 3.93. The smallest absolute Gasteiger partial charge is 0.220 e. The van der Waals surface area contributed by atoms with E-state index in [9.17, 15) is 4.79 Å². The van der Waals surface area contributed by atoms with Crippen LogP contribution < -0.4 is 10.6 Å². The van der Waals surface area contributed by atoms with Crippen molar-refractivity contribution in [2.24, 2.45) is 0 Å². The molecule has 0 bridgehead atoms. The number of carbonyl (C=O) groups excluding carboxylic acids is 1. The minimum absolute atomic E-state index is 0.151. The lowest BCUT2D eigenvalue weighted by Gasteiger charge is -2.22. The first-order valence-electron chi connectivity index (χ1n) is 5.88. The molecule has 2 rings (SSSR count). The van der Waals surface area contributed by atoms with E-state index in [0.717, 1.165) is 12.0 Å². The molecule has 1 aliphatic rings. The Morgan fingerprint density at radius 1 is 1.35 bits per heavy atom. The van der Waals surface area contributed by atoms with Crippen molar-refractivity contribution in [2.75, 3.05) is 13.1 Å². The molecule has 88 valence electrons. The molecule has 1 aromatic carbocycles. The summed E-state index contributed by atoms with van der Waals surface area (Å²) in [4.78, 5) is 11.0. The Morgan fingerprint density at radius 2 is 2.18 bits per heavy atom. The number of piperidine rings is 1. The predicted octanol–water partition coefficient (Wildman–Crippen LogP) is 0.906. The van der Waals surface area contributed by atoms with Crippen molar-refractivity contribution < 1.29 is 4.79 Å². The van der Waals surface area contributed by atoms with Gasteiger partial charge in [-0.2, -0.15) is 0 Å². The van der Waals surface area contributed by atoms with E-state index in [-0.39, 0.29) is 5.91 Å². The van der Waals surface area contributed by atoms with Crippen LogP contribution >= 0.6 is 0 Å². The SMILES string of the molecule is O=C1CCC(NCC#Cc2ccccc2)CN1. The fraction of sp³-hybridized carbons (Fsp3) is 0.357. The van der Waals surface area contributed by atoms with Gasteiger partial charge in [0.05, 0.1) is 6.54 Å². The Bertz CT molecular complexity index is 421. The Morgan fingerprint density at radius 3 is 2.88 bits per heavy atom. The van der Waals surface area contributed by atoms with Crippen LogP contribution in [0.3, 0.4) is 0 Å². The van der Waals surface area contributed by atoms with Crippen molar-refractivity contribution in [1.29, 1.82) is 0 Å². The van der Waals surface area contributed by atoms with Gasteiger partial charge in [0.2, 0.25) is 5.91 Å². The maximum absolute atomic E-state index is 11.0. The molecule has 1 unspecified atom stereocenters. The summed E-state index contributed by atoms with van der Waals surface area (Å²) in [5, 5.41) is 6.17. The number of hydrogen-bond acceptors (Lipinski definition) is 2. The minimum Gasteiger partial charge on any atom is -0.355 e. The molecule has 1 saturated heterocycles.